The first kappa shape index (κ1) is 14.1. The molecule has 4 nitrogen and oxygen atoms in total. The molecule has 0 aliphatic heterocycles. The fraction of sp³-hybridized carbons (Fsp3) is 0.333. The summed E-state index contributed by atoms with van der Waals surface area (Å²) in [5, 5.41) is 8.90. The van der Waals surface area contributed by atoms with E-state index in [1.165, 1.54) is 0 Å². The lowest BCUT2D eigenvalue weighted by Crippen LogP contribution is -2.38. The normalized spacial score (nSPS) is 11.9. The zero-order valence-corrected chi connectivity index (χ0v) is 11.6. The zero-order valence-electron chi connectivity index (χ0n) is 9.47. The molecule has 5 heteroatoms. The molecule has 1 rings (SSSR count). The van der Waals surface area contributed by atoms with Gasteiger partial charge in [-0.3, -0.25) is 14.5 Å². The lowest BCUT2D eigenvalue weighted by molar-refractivity contribution is -0.132. The van der Waals surface area contributed by atoms with E-state index in [0.717, 1.165) is 10.5 Å². The van der Waals surface area contributed by atoms with Crippen LogP contribution in [0.25, 0.3) is 0 Å². The van der Waals surface area contributed by atoms with Crippen LogP contribution in [0.1, 0.15) is 24.9 Å². The number of carbonyl (C=O) groups is 2. The number of nitrogens with zero attached hydrogens (tertiary/aromatic N) is 1. The van der Waals surface area contributed by atoms with Crippen molar-refractivity contribution in [1.82, 2.24) is 4.90 Å². The highest BCUT2D eigenvalue weighted by molar-refractivity contribution is 14.1. The molecule has 0 fully saturated rings. The third-order valence-corrected chi connectivity index (χ3v) is 3.00. The fourth-order valence-corrected chi connectivity index (χ4v) is 2.32. The Morgan fingerprint density at radius 3 is 2.35 bits per heavy atom. The maximum atomic E-state index is 11.6. The first-order valence-electron chi connectivity index (χ1n) is 5.29. The minimum absolute atomic E-state index is 0.319. The van der Waals surface area contributed by atoms with Gasteiger partial charge in [0.05, 0.1) is 6.04 Å². The summed E-state index contributed by atoms with van der Waals surface area (Å²) in [5.41, 5.74) is 0.891. The summed E-state index contributed by atoms with van der Waals surface area (Å²) in [4.78, 5) is 24.2. The molecule has 0 aliphatic rings. The van der Waals surface area contributed by atoms with Crippen LogP contribution in [0.3, 0.4) is 0 Å². The van der Waals surface area contributed by atoms with Crippen molar-refractivity contribution in [1.29, 1.82) is 0 Å². The van der Waals surface area contributed by atoms with Crippen molar-refractivity contribution in [2.24, 2.45) is 0 Å². The summed E-state index contributed by atoms with van der Waals surface area (Å²) in [7, 11) is 0. The molecule has 0 spiro atoms. The lowest BCUT2D eigenvalue weighted by atomic mass is 10.0. The number of aliphatic hydroxyl groups excluding tert-OH is 1. The second-order valence-electron chi connectivity index (χ2n) is 3.51. The number of halogens is 1. The van der Waals surface area contributed by atoms with Gasteiger partial charge >= 0.3 is 0 Å². The van der Waals surface area contributed by atoms with Crippen LogP contribution in [0.4, 0.5) is 4.79 Å². The van der Waals surface area contributed by atoms with Gasteiger partial charge in [-0.05, 0) is 12.0 Å². The first-order valence-corrected chi connectivity index (χ1v) is 6.37. The van der Waals surface area contributed by atoms with Gasteiger partial charge < -0.3 is 5.11 Å². The Hall–Kier alpha value is -0.950. The maximum Gasteiger partial charge on any atom is 0.290 e. The van der Waals surface area contributed by atoms with Gasteiger partial charge in [0.25, 0.3) is 9.82 Å². The Balaban J connectivity index is 3.06. The quantitative estimate of drug-likeness (QED) is 0.517. The van der Waals surface area contributed by atoms with Gasteiger partial charge in [-0.15, -0.1) is 0 Å². The van der Waals surface area contributed by atoms with Crippen LogP contribution in [-0.2, 0) is 4.79 Å². The third-order valence-electron chi connectivity index (χ3n) is 2.48. The number of hydrogen-bond acceptors (Lipinski definition) is 3. The molecular formula is C12H14INO3. The van der Waals surface area contributed by atoms with E-state index < -0.39 is 12.5 Å². The van der Waals surface area contributed by atoms with E-state index in [2.05, 4.69) is 0 Å². The zero-order chi connectivity index (χ0) is 12.8. The van der Waals surface area contributed by atoms with E-state index in [1.807, 2.05) is 37.3 Å². The van der Waals surface area contributed by atoms with Crippen molar-refractivity contribution >= 4 is 32.4 Å². The van der Waals surface area contributed by atoms with E-state index in [0.29, 0.717) is 6.42 Å². The predicted octanol–water partition coefficient (Wildman–Crippen LogP) is 2.51. The largest absolute Gasteiger partial charge is 0.387 e. The van der Waals surface area contributed by atoms with Crippen molar-refractivity contribution in [2.45, 2.75) is 19.4 Å². The highest BCUT2D eigenvalue weighted by Crippen LogP contribution is 2.26. The Bertz CT molecular complexity index is 394. The molecule has 0 radical (unpaired) electrons. The Labute approximate surface area is 114 Å². The van der Waals surface area contributed by atoms with Crippen molar-refractivity contribution in [3.8, 4) is 0 Å². The van der Waals surface area contributed by atoms with Gasteiger partial charge in [0, 0.05) is 22.6 Å². The molecule has 1 atom stereocenters. The maximum absolute atomic E-state index is 11.6. The summed E-state index contributed by atoms with van der Waals surface area (Å²) in [6, 6.07) is 9.01. The molecule has 0 heterocycles. The van der Waals surface area contributed by atoms with Crippen LogP contribution in [0.5, 0.6) is 0 Å². The van der Waals surface area contributed by atoms with Crippen LogP contribution in [-0.4, -0.2) is 26.4 Å². The number of carbonyl (C=O) groups excluding carboxylic acids is 2. The van der Waals surface area contributed by atoms with Gasteiger partial charge in [-0.1, -0.05) is 37.3 Å². The molecule has 0 unspecified atom stereocenters. The van der Waals surface area contributed by atoms with Gasteiger partial charge in [-0.25, -0.2) is 0 Å². The van der Waals surface area contributed by atoms with E-state index in [-0.39, 0.29) is 9.96 Å². The number of amides is 2. The second-order valence-corrected chi connectivity index (χ2v) is 4.43. The van der Waals surface area contributed by atoms with Gasteiger partial charge in [0.15, 0.2) is 0 Å². The fourth-order valence-electron chi connectivity index (χ4n) is 1.71. The highest BCUT2D eigenvalue weighted by Gasteiger charge is 2.27. The molecule has 92 valence electrons. The summed E-state index contributed by atoms with van der Waals surface area (Å²) in [6.45, 7) is 1.24. The summed E-state index contributed by atoms with van der Waals surface area (Å²) in [6.07, 6.45) is 0.616. The van der Waals surface area contributed by atoms with E-state index in [1.54, 1.807) is 22.6 Å². The van der Waals surface area contributed by atoms with Crippen molar-refractivity contribution < 1.29 is 14.7 Å². The molecule has 1 aromatic rings. The lowest BCUT2D eigenvalue weighted by Gasteiger charge is -2.27. The Morgan fingerprint density at radius 2 is 1.94 bits per heavy atom. The molecule has 1 N–H and O–H groups in total. The Kier molecular flexibility index (Phi) is 5.57. The molecule has 0 aromatic heterocycles. The van der Waals surface area contributed by atoms with Crippen LogP contribution in [0.2, 0.25) is 0 Å². The van der Waals surface area contributed by atoms with E-state index >= 15 is 0 Å². The smallest absolute Gasteiger partial charge is 0.290 e. The summed E-state index contributed by atoms with van der Waals surface area (Å²) in [5.74, 6) is -0.569. The predicted molar refractivity (Wildman–Crippen MR) is 72.8 cm³/mol. The number of benzene rings is 1. The van der Waals surface area contributed by atoms with Crippen molar-refractivity contribution in [2.75, 3.05) is 6.61 Å². The molecule has 2 amide bonds. The average molecular weight is 347 g/mol. The van der Waals surface area contributed by atoms with Crippen LogP contribution < -0.4 is 0 Å². The van der Waals surface area contributed by atoms with Gasteiger partial charge in [0.1, 0.15) is 6.61 Å². The number of aliphatic hydroxyl groups is 1. The molecule has 0 saturated heterocycles. The molecule has 0 bridgehead atoms. The number of rotatable bonds is 4. The monoisotopic (exact) mass is 347 g/mol. The molecule has 0 saturated carbocycles. The standard InChI is InChI=1S/C12H14INO3/c1-2-10(9-6-4-3-5-7-9)14(12(13)17)11(16)8-15/h3-7,10,15H,2,8H2,1H3/t10-/m0/s1. The Morgan fingerprint density at radius 1 is 1.35 bits per heavy atom. The topological polar surface area (TPSA) is 57.6 Å². The molecular weight excluding hydrogens is 333 g/mol. The van der Waals surface area contributed by atoms with Crippen LogP contribution in [0, 0.1) is 0 Å². The SMILES string of the molecule is CC[C@@H](c1ccccc1)N(C(=O)I)C(=O)CO. The van der Waals surface area contributed by atoms with Crippen molar-refractivity contribution in [3.05, 3.63) is 35.9 Å². The highest BCUT2D eigenvalue weighted by atomic mass is 127. The average Bonchev–Trinajstić information content (AvgIpc) is 2.35. The van der Waals surface area contributed by atoms with Crippen LogP contribution >= 0.6 is 22.6 Å². The van der Waals surface area contributed by atoms with Gasteiger partial charge in [-0.2, -0.15) is 0 Å². The molecule has 0 aliphatic carbocycles. The van der Waals surface area contributed by atoms with Crippen LogP contribution in [0.15, 0.2) is 30.3 Å². The molecule has 17 heavy (non-hydrogen) atoms. The molecule has 1 aromatic carbocycles. The van der Waals surface area contributed by atoms with E-state index in [4.69, 9.17) is 5.11 Å². The summed E-state index contributed by atoms with van der Waals surface area (Å²) >= 11 is 1.56. The van der Waals surface area contributed by atoms with Crippen molar-refractivity contribution in [3.63, 3.8) is 0 Å². The third kappa shape index (κ3) is 3.50. The number of imide groups is 1. The number of hydrogen-bond donors (Lipinski definition) is 1. The van der Waals surface area contributed by atoms with E-state index in [9.17, 15) is 9.59 Å². The minimum atomic E-state index is -0.655. The second kappa shape index (κ2) is 6.70. The first-order chi connectivity index (χ1) is 8.11. The summed E-state index contributed by atoms with van der Waals surface area (Å²) < 4.78 is -0.377. The minimum Gasteiger partial charge on any atom is -0.387 e. The van der Waals surface area contributed by atoms with Gasteiger partial charge in [0.2, 0.25) is 0 Å².